The minimum Gasteiger partial charge on any atom is -0.390 e. The van der Waals surface area contributed by atoms with Crippen molar-refractivity contribution in [2.75, 3.05) is 5.73 Å². The van der Waals surface area contributed by atoms with Crippen LogP contribution in [0.4, 0.5) is 5.82 Å². The number of nitrogens with two attached hydrogens (primary N) is 1. The molecule has 5 nitrogen and oxygen atoms in total. The number of ether oxygens (including phenoxy) is 1. The number of aliphatic hydroxyl groups excluding tert-OH is 1. The summed E-state index contributed by atoms with van der Waals surface area (Å²) < 4.78 is 5.31. The van der Waals surface area contributed by atoms with Gasteiger partial charge in [0.2, 0.25) is 0 Å². The Balaban J connectivity index is 0. The van der Waals surface area contributed by atoms with Gasteiger partial charge in [0.25, 0.3) is 0 Å². The molecular formula is C14H22CsN2O3-. The number of aromatic nitrogens is 1. The molecular weight excluding hydrogens is 377 g/mol. The first-order valence-electron chi connectivity index (χ1n) is 5.89. The van der Waals surface area contributed by atoms with Crippen LogP contribution in [-0.2, 0) is 35.8 Å². The first-order valence-corrected chi connectivity index (χ1v) is 5.89. The molecule has 0 aromatic carbocycles. The van der Waals surface area contributed by atoms with Gasteiger partial charge >= 0.3 is 68.9 Å². The molecule has 2 rings (SSSR count). The van der Waals surface area contributed by atoms with Gasteiger partial charge in [-0.2, -0.15) is 6.42 Å². The molecule has 0 spiro atoms. The molecule has 0 radical (unpaired) electrons. The van der Waals surface area contributed by atoms with E-state index in [0.717, 1.165) is 23.0 Å². The van der Waals surface area contributed by atoms with Crippen molar-refractivity contribution in [1.82, 2.24) is 4.98 Å². The summed E-state index contributed by atoms with van der Waals surface area (Å²) >= 11 is 0. The van der Waals surface area contributed by atoms with E-state index in [0.29, 0.717) is 37.6 Å². The van der Waals surface area contributed by atoms with E-state index in [-0.39, 0.29) is 82.9 Å². The van der Waals surface area contributed by atoms with Gasteiger partial charge in [-0.3, -0.25) is 0 Å². The van der Waals surface area contributed by atoms with Gasteiger partial charge in [0.05, 0.1) is 25.5 Å². The third kappa shape index (κ3) is 5.77. The topological polar surface area (TPSA) is 85.4 Å². The maximum atomic E-state index is 9.17. The van der Waals surface area contributed by atoms with Crippen molar-refractivity contribution in [3.05, 3.63) is 36.7 Å². The summed E-state index contributed by atoms with van der Waals surface area (Å²) in [5.41, 5.74) is 9.38. The molecule has 3 N–H and O–H groups in total. The van der Waals surface area contributed by atoms with E-state index in [1.165, 1.54) is 0 Å². The fourth-order valence-corrected chi connectivity index (χ4v) is 1.81. The molecule has 1 aromatic rings. The van der Waals surface area contributed by atoms with Crippen molar-refractivity contribution >= 4 is 12.1 Å². The second kappa shape index (κ2) is 12.2. The smallest absolute Gasteiger partial charge is 0.390 e. The molecule has 0 bridgehead atoms. The third-order valence-electron chi connectivity index (χ3n) is 2.70. The number of hydrogen-bond acceptors (Lipinski definition) is 5. The zero-order valence-electron chi connectivity index (χ0n) is 12.6. The number of pyridine rings is 1. The van der Waals surface area contributed by atoms with Crippen molar-refractivity contribution in [1.29, 1.82) is 0 Å². The van der Waals surface area contributed by atoms with Crippen molar-refractivity contribution in [2.24, 2.45) is 0 Å². The van der Waals surface area contributed by atoms with Gasteiger partial charge in [-0.25, -0.2) is 4.98 Å². The fourth-order valence-electron chi connectivity index (χ4n) is 1.81. The molecule has 0 unspecified atom stereocenters. The number of hydrogen-bond donors (Lipinski definition) is 2. The number of rotatable bonds is 3. The Bertz CT molecular complexity index is 425. The van der Waals surface area contributed by atoms with Gasteiger partial charge in [-0.15, -0.1) is 0 Å². The minimum atomic E-state index is -0.0949. The Hall–Kier alpha value is 0.592. The number of carbonyl (C=O) groups is 1. The van der Waals surface area contributed by atoms with Gasteiger partial charge in [0.1, 0.15) is 12.1 Å². The Morgan fingerprint density at radius 3 is 2.45 bits per heavy atom. The standard InChI is InChI=1S/C10H13N2O2.C3H6O.CH3.Cs/c1-2-6-7-4-14-5-8(7)10(11)12-9(6)3-13;1-2-3-4;;/h13H,1-5H2,(H2,11,12);3H,2H2,1H3;1H3;/q-1;;-1;+1. The van der Waals surface area contributed by atoms with Crippen LogP contribution in [0.3, 0.4) is 0 Å². The van der Waals surface area contributed by atoms with E-state index in [9.17, 15) is 4.79 Å². The number of aldehydes is 1. The van der Waals surface area contributed by atoms with Crippen LogP contribution in [0.15, 0.2) is 0 Å². The summed E-state index contributed by atoms with van der Waals surface area (Å²) in [5.74, 6) is 0.471. The Kier molecular flexibility index (Phi) is 13.9. The van der Waals surface area contributed by atoms with E-state index < -0.39 is 0 Å². The molecule has 0 amide bonds. The molecule has 0 saturated carbocycles. The second-order valence-electron chi connectivity index (χ2n) is 3.86. The van der Waals surface area contributed by atoms with Crippen LogP contribution in [0.5, 0.6) is 0 Å². The third-order valence-corrected chi connectivity index (χ3v) is 2.70. The number of nitrogen functional groups attached to an aromatic ring is 1. The minimum absolute atomic E-state index is 0. The molecule has 0 aliphatic carbocycles. The Labute approximate surface area is 180 Å². The van der Waals surface area contributed by atoms with Crippen LogP contribution < -0.4 is 74.6 Å². The van der Waals surface area contributed by atoms with Crippen molar-refractivity contribution in [3.63, 3.8) is 0 Å². The zero-order chi connectivity index (χ0) is 13.5. The van der Waals surface area contributed by atoms with Crippen LogP contribution in [0.1, 0.15) is 35.7 Å². The number of fused-ring (bicyclic) bond motifs is 1. The predicted molar refractivity (Wildman–Crippen MR) is 74.9 cm³/mol. The van der Waals surface area contributed by atoms with Crippen LogP contribution in [0.2, 0.25) is 0 Å². The fraction of sp³-hybridized carbons (Fsp3) is 0.429. The molecule has 0 fully saturated rings. The first-order chi connectivity index (χ1) is 8.69. The van der Waals surface area contributed by atoms with Crippen molar-refractivity contribution < 1.29 is 83.5 Å². The number of nitrogens with zero attached hydrogens (tertiary/aromatic N) is 1. The normalized spacial score (nSPS) is 11.3. The first kappa shape index (κ1) is 22.9. The molecule has 2 heterocycles. The largest absolute Gasteiger partial charge is 1.00 e. The summed E-state index contributed by atoms with van der Waals surface area (Å²) in [5, 5.41) is 9.12. The molecule has 6 heteroatoms. The summed E-state index contributed by atoms with van der Waals surface area (Å²) in [7, 11) is 0. The van der Waals surface area contributed by atoms with Crippen molar-refractivity contribution in [2.45, 2.75) is 39.6 Å². The molecule has 1 aliphatic rings. The van der Waals surface area contributed by atoms with E-state index in [4.69, 9.17) is 15.6 Å². The quantitative estimate of drug-likeness (QED) is 0.483. The van der Waals surface area contributed by atoms with Crippen LogP contribution >= 0.6 is 0 Å². The van der Waals surface area contributed by atoms with E-state index in [2.05, 4.69) is 11.9 Å². The molecule has 0 atom stereocenters. The van der Waals surface area contributed by atoms with Gasteiger partial charge < -0.3 is 34.7 Å². The molecule has 1 aromatic heterocycles. The molecule has 20 heavy (non-hydrogen) atoms. The summed E-state index contributed by atoms with van der Waals surface area (Å²) in [4.78, 5) is 13.3. The van der Waals surface area contributed by atoms with Crippen LogP contribution in [-0.4, -0.2) is 16.4 Å². The van der Waals surface area contributed by atoms with Gasteiger partial charge in [0, 0.05) is 12.0 Å². The average Bonchev–Trinajstić information content (AvgIpc) is 2.88. The van der Waals surface area contributed by atoms with Crippen molar-refractivity contribution in [3.8, 4) is 0 Å². The molecule has 0 saturated heterocycles. The molecule has 1 aliphatic heterocycles. The van der Waals surface area contributed by atoms with E-state index in [1.54, 1.807) is 0 Å². The second-order valence-corrected chi connectivity index (χ2v) is 3.86. The summed E-state index contributed by atoms with van der Waals surface area (Å²) in [6.07, 6.45) is 2.12. The molecule has 108 valence electrons. The zero-order valence-corrected chi connectivity index (χ0v) is 18.9. The van der Waals surface area contributed by atoms with Gasteiger partial charge in [-0.05, 0) is 11.1 Å². The Morgan fingerprint density at radius 2 is 2.00 bits per heavy atom. The number of aliphatic hydroxyl groups is 1. The van der Waals surface area contributed by atoms with Gasteiger partial charge in [-0.1, -0.05) is 6.92 Å². The maximum absolute atomic E-state index is 9.17. The van der Waals surface area contributed by atoms with E-state index >= 15 is 0 Å². The van der Waals surface area contributed by atoms with Crippen LogP contribution in [0.25, 0.3) is 0 Å². The van der Waals surface area contributed by atoms with Crippen LogP contribution in [0, 0.1) is 14.4 Å². The monoisotopic (exact) mass is 399 g/mol. The predicted octanol–water partition coefficient (Wildman–Crippen LogP) is -1.39. The summed E-state index contributed by atoms with van der Waals surface area (Å²) in [6, 6.07) is 0. The maximum Gasteiger partial charge on any atom is 1.00 e. The van der Waals surface area contributed by atoms with E-state index in [1.807, 2.05) is 6.92 Å². The number of carbonyl (C=O) groups excluding carboxylic acids is 1. The SMILES string of the molecule is CCC=O.[CH2-]Cc1c(CO)nc(N)c2c1COC2.[CH3-].[Cs+]. The van der Waals surface area contributed by atoms with Gasteiger partial charge in [0.15, 0.2) is 0 Å². The Morgan fingerprint density at radius 1 is 1.45 bits per heavy atom. The summed E-state index contributed by atoms with van der Waals surface area (Å²) in [6.45, 7) is 6.62. The number of anilines is 1. The average molecular weight is 399 g/mol.